The summed E-state index contributed by atoms with van der Waals surface area (Å²) in [5.74, 6) is 0. The average molecular weight is 274 g/mol. The highest BCUT2D eigenvalue weighted by Crippen LogP contribution is 2.18. The third-order valence-electron chi connectivity index (χ3n) is 3.24. The molecule has 0 saturated carbocycles. The van der Waals surface area contributed by atoms with E-state index in [1.807, 2.05) is 0 Å². The second-order valence-electron chi connectivity index (χ2n) is 4.82. The minimum atomic E-state index is -0.978. The Morgan fingerprint density at radius 1 is 1.26 bits per heavy atom. The summed E-state index contributed by atoms with van der Waals surface area (Å²) in [6, 6.07) is 0. The van der Waals surface area contributed by atoms with Gasteiger partial charge in [0.1, 0.15) is 24.4 Å². The first kappa shape index (κ1) is 16.6. The second-order valence-corrected chi connectivity index (χ2v) is 4.82. The zero-order valence-corrected chi connectivity index (χ0v) is 11.6. The van der Waals surface area contributed by atoms with Crippen LogP contribution in [0.1, 0.15) is 32.6 Å². The van der Waals surface area contributed by atoms with Crippen LogP contribution in [-0.2, 0) is 9.47 Å². The summed E-state index contributed by atoms with van der Waals surface area (Å²) in [5, 5.41) is 28.6. The van der Waals surface area contributed by atoms with Crippen LogP contribution in [0.4, 0.5) is 0 Å². The van der Waals surface area contributed by atoms with Gasteiger partial charge in [-0.2, -0.15) is 0 Å². The van der Waals surface area contributed by atoms with Crippen molar-refractivity contribution in [2.45, 2.75) is 57.0 Å². The number of rotatable bonds is 8. The molecule has 0 aromatic heterocycles. The van der Waals surface area contributed by atoms with E-state index >= 15 is 0 Å². The molecular weight excluding hydrogens is 248 g/mol. The Labute approximate surface area is 114 Å². The fourth-order valence-corrected chi connectivity index (χ4v) is 2.09. The van der Waals surface area contributed by atoms with Crippen molar-refractivity contribution >= 4 is 0 Å². The van der Waals surface area contributed by atoms with Crippen molar-refractivity contribution in [3.05, 3.63) is 12.2 Å². The largest absolute Gasteiger partial charge is 0.394 e. The zero-order chi connectivity index (χ0) is 14.1. The molecule has 1 rings (SSSR count). The molecule has 0 bridgehead atoms. The highest BCUT2D eigenvalue weighted by Gasteiger charge is 2.38. The predicted molar refractivity (Wildman–Crippen MR) is 71.9 cm³/mol. The van der Waals surface area contributed by atoms with Crippen LogP contribution in [-0.4, -0.2) is 59.6 Å². The number of hydrogen-bond donors (Lipinski definition) is 3. The minimum absolute atomic E-state index is 0.0895. The van der Waals surface area contributed by atoms with Crippen molar-refractivity contribution < 1.29 is 24.8 Å². The van der Waals surface area contributed by atoms with Gasteiger partial charge in [0, 0.05) is 6.61 Å². The summed E-state index contributed by atoms with van der Waals surface area (Å²) in [6.45, 7) is 2.42. The molecule has 5 nitrogen and oxygen atoms in total. The van der Waals surface area contributed by atoms with Gasteiger partial charge in [0.05, 0.1) is 13.2 Å². The van der Waals surface area contributed by atoms with Crippen molar-refractivity contribution in [2.75, 3.05) is 19.8 Å². The molecule has 0 aromatic rings. The third kappa shape index (κ3) is 5.58. The van der Waals surface area contributed by atoms with Gasteiger partial charge in [-0.25, -0.2) is 0 Å². The van der Waals surface area contributed by atoms with Crippen LogP contribution < -0.4 is 0 Å². The van der Waals surface area contributed by atoms with Crippen molar-refractivity contribution in [1.82, 2.24) is 0 Å². The number of hydrogen-bond acceptors (Lipinski definition) is 5. The van der Waals surface area contributed by atoms with E-state index in [2.05, 4.69) is 19.1 Å². The van der Waals surface area contributed by atoms with Gasteiger partial charge in [-0.1, -0.05) is 19.1 Å². The SMILES string of the molecule is CC/C=C/CCCCO[C@H]1[C@H](O)[C@@H](CO)OC[C@@H]1O. The van der Waals surface area contributed by atoms with Gasteiger partial charge >= 0.3 is 0 Å². The van der Waals surface area contributed by atoms with Gasteiger partial charge in [0.15, 0.2) is 0 Å². The molecule has 0 radical (unpaired) electrons. The van der Waals surface area contributed by atoms with E-state index in [4.69, 9.17) is 14.6 Å². The van der Waals surface area contributed by atoms with Gasteiger partial charge in [0.2, 0.25) is 0 Å². The summed E-state index contributed by atoms with van der Waals surface area (Å²) in [4.78, 5) is 0. The maximum atomic E-state index is 9.89. The Balaban J connectivity index is 2.20. The van der Waals surface area contributed by atoms with Crippen LogP contribution in [0.3, 0.4) is 0 Å². The second kappa shape index (κ2) is 9.44. The quantitative estimate of drug-likeness (QED) is 0.447. The molecule has 1 heterocycles. The third-order valence-corrected chi connectivity index (χ3v) is 3.24. The molecule has 19 heavy (non-hydrogen) atoms. The summed E-state index contributed by atoms with van der Waals surface area (Å²) in [7, 11) is 0. The Kier molecular flexibility index (Phi) is 8.25. The molecule has 0 aromatic carbocycles. The lowest BCUT2D eigenvalue weighted by Crippen LogP contribution is -2.55. The van der Waals surface area contributed by atoms with Gasteiger partial charge < -0.3 is 24.8 Å². The molecule has 1 saturated heterocycles. The maximum absolute atomic E-state index is 9.89. The molecule has 1 aliphatic rings. The van der Waals surface area contributed by atoms with E-state index in [-0.39, 0.29) is 13.2 Å². The summed E-state index contributed by atoms with van der Waals surface area (Å²) < 4.78 is 10.6. The topological polar surface area (TPSA) is 79.2 Å². The van der Waals surface area contributed by atoms with E-state index in [9.17, 15) is 10.2 Å². The zero-order valence-electron chi connectivity index (χ0n) is 11.6. The van der Waals surface area contributed by atoms with Crippen LogP contribution in [0.2, 0.25) is 0 Å². The summed E-state index contributed by atoms with van der Waals surface area (Å²) >= 11 is 0. The maximum Gasteiger partial charge on any atom is 0.114 e. The van der Waals surface area contributed by atoms with Crippen LogP contribution in [0.15, 0.2) is 12.2 Å². The molecule has 5 heteroatoms. The normalized spacial score (nSPS) is 32.0. The predicted octanol–water partition coefficient (Wildman–Crippen LogP) is 0.621. The van der Waals surface area contributed by atoms with Crippen molar-refractivity contribution in [3.63, 3.8) is 0 Å². The fourth-order valence-electron chi connectivity index (χ4n) is 2.09. The first-order chi connectivity index (χ1) is 9.20. The molecule has 4 atom stereocenters. The standard InChI is InChI=1S/C14H26O5/c1-2-3-4-5-6-7-8-18-14-11(16)10-19-12(9-15)13(14)17/h3-4,11-17H,2,5-10H2,1H3/b4-3+/t11-,12+,13+,14+/m0/s1. The van der Waals surface area contributed by atoms with Crippen LogP contribution in [0.25, 0.3) is 0 Å². The van der Waals surface area contributed by atoms with Gasteiger partial charge in [0.25, 0.3) is 0 Å². The van der Waals surface area contributed by atoms with Crippen LogP contribution >= 0.6 is 0 Å². The van der Waals surface area contributed by atoms with Gasteiger partial charge in [-0.15, -0.1) is 0 Å². The van der Waals surface area contributed by atoms with Crippen molar-refractivity contribution in [2.24, 2.45) is 0 Å². The van der Waals surface area contributed by atoms with E-state index in [1.54, 1.807) is 0 Å². The Bertz CT molecular complexity index is 256. The average Bonchev–Trinajstić information content (AvgIpc) is 2.41. The first-order valence-electron chi connectivity index (χ1n) is 7.05. The van der Waals surface area contributed by atoms with E-state index < -0.39 is 24.4 Å². The lowest BCUT2D eigenvalue weighted by molar-refractivity contribution is -0.210. The molecule has 3 N–H and O–H groups in total. The molecule has 0 aliphatic carbocycles. The number of aliphatic hydroxyl groups is 3. The lowest BCUT2D eigenvalue weighted by atomic mass is 10.0. The van der Waals surface area contributed by atoms with Crippen molar-refractivity contribution in [1.29, 1.82) is 0 Å². The summed E-state index contributed by atoms with van der Waals surface area (Å²) in [6.07, 6.45) is 5.13. The van der Waals surface area contributed by atoms with Crippen LogP contribution in [0, 0.1) is 0 Å². The van der Waals surface area contributed by atoms with Crippen molar-refractivity contribution in [3.8, 4) is 0 Å². The lowest BCUT2D eigenvalue weighted by Gasteiger charge is -2.37. The molecule has 112 valence electrons. The smallest absolute Gasteiger partial charge is 0.114 e. The Morgan fingerprint density at radius 3 is 2.74 bits per heavy atom. The molecule has 1 aliphatic heterocycles. The molecular formula is C14H26O5. The highest BCUT2D eigenvalue weighted by atomic mass is 16.6. The molecule has 0 unspecified atom stereocenters. The molecule has 0 spiro atoms. The number of unbranched alkanes of at least 4 members (excludes halogenated alkanes) is 2. The number of ether oxygens (including phenoxy) is 2. The number of allylic oxidation sites excluding steroid dienone is 2. The van der Waals surface area contributed by atoms with Gasteiger partial charge in [-0.3, -0.25) is 0 Å². The first-order valence-corrected chi connectivity index (χ1v) is 7.05. The van der Waals surface area contributed by atoms with Crippen LogP contribution in [0.5, 0.6) is 0 Å². The minimum Gasteiger partial charge on any atom is -0.394 e. The fraction of sp³-hybridized carbons (Fsp3) is 0.857. The number of aliphatic hydroxyl groups excluding tert-OH is 3. The Morgan fingerprint density at radius 2 is 2.05 bits per heavy atom. The van der Waals surface area contributed by atoms with Gasteiger partial charge in [-0.05, 0) is 25.7 Å². The molecule has 0 amide bonds. The highest BCUT2D eigenvalue weighted by molar-refractivity contribution is 4.87. The molecule has 1 fully saturated rings. The Hall–Kier alpha value is -0.460. The monoisotopic (exact) mass is 274 g/mol. The van der Waals surface area contributed by atoms with E-state index in [1.165, 1.54) is 0 Å². The van der Waals surface area contributed by atoms with E-state index in [0.717, 1.165) is 25.7 Å². The van der Waals surface area contributed by atoms with E-state index in [0.29, 0.717) is 6.61 Å². The summed E-state index contributed by atoms with van der Waals surface area (Å²) in [5.41, 5.74) is 0.